The molecule has 1 aromatic carbocycles. The van der Waals surface area contributed by atoms with Crippen LogP contribution in [0.15, 0.2) is 18.2 Å². The van der Waals surface area contributed by atoms with E-state index in [2.05, 4.69) is 11.8 Å². The molecule has 0 atom stereocenters. The predicted octanol–water partition coefficient (Wildman–Crippen LogP) is 2.00. The number of hydrogen-bond donors (Lipinski definition) is 1. The van der Waals surface area contributed by atoms with E-state index in [4.69, 9.17) is 17.3 Å². The highest BCUT2D eigenvalue weighted by Crippen LogP contribution is 2.10. The fourth-order valence-corrected chi connectivity index (χ4v) is 0.828. The third kappa shape index (κ3) is 2.14. The van der Waals surface area contributed by atoms with Crippen molar-refractivity contribution in [3.63, 3.8) is 0 Å². The molecule has 0 fully saturated rings. The summed E-state index contributed by atoms with van der Waals surface area (Å²) in [5.41, 5.74) is 6.06. The van der Waals surface area contributed by atoms with Gasteiger partial charge in [-0.05, 0) is 18.2 Å². The fraction of sp³-hybridized carbons (Fsp3) is 0.111. The Balaban J connectivity index is 3.01. The first-order chi connectivity index (χ1) is 5.74. The lowest BCUT2D eigenvalue weighted by Crippen LogP contribution is -1.88. The van der Waals surface area contributed by atoms with Gasteiger partial charge in [0.05, 0.1) is 11.4 Å². The highest BCUT2D eigenvalue weighted by molar-refractivity contribution is 6.19. The van der Waals surface area contributed by atoms with Gasteiger partial charge >= 0.3 is 0 Å². The minimum absolute atomic E-state index is 0.198. The SMILES string of the molecule is Nc1ccc(C#CCCl)c(F)c1. The van der Waals surface area contributed by atoms with E-state index in [0.29, 0.717) is 11.3 Å². The van der Waals surface area contributed by atoms with Gasteiger partial charge < -0.3 is 5.73 Å². The van der Waals surface area contributed by atoms with Gasteiger partial charge in [-0.15, -0.1) is 11.6 Å². The molecule has 0 bridgehead atoms. The normalized spacial score (nSPS) is 8.83. The van der Waals surface area contributed by atoms with Crippen molar-refractivity contribution in [2.45, 2.75) is 0 Å². The number of alkyl halides is 1. The second-order valence-electron chi connectivity index (χ2n) is 2.17. The van der Waals surface area contributed by atoms with E-state index in [0.717, 1.165) is 0 Å². The molecular formula is C9H7ClFN. The molecule has 0 saturated carbocycles. The molecule has 0 saturated heterocycles. The lowest BCUT2D eigenvalue weighted by molar-refractivity contribution is 0.625. The second kappa shape index (κ2) is 3.99. The monoisotopic (exact) mass is 183 g/mol. The van der Waals surface area contributed by atoms with E-state index < -0.39 is 5.82 Å². The Morgan fingerprint density at radius 2 is 2.25 bits per heavy atom. The molecule has 62 valence electrons. The average molecular weight is 184 g/mol. The molecule has 12 heavy (non-hydrogen) atoms. The molecule has 0 heterocycles. The summed E-state index contributed by atoms with van der Waals surface area (Å²) < 4.78 is 12.9. The molecule has 1 nitrogen and oxygen atoms in total. The van der Waals surface area contributed by atoms with Crippen LogP contribution in [0.1, 0.15) is 5.56 Å². The Morgan fingerprint density at radius 3 is 2.83 bits per heavy atom. The van der Waals surface area contributed by atoms with Crippen molar-refractivity contribution in [3.8, 4) is 11.8 Å². The van der Waals surface area contributed by atoms with Crippen LogP contribution < -0.4 is 5.73 Å². The number of halogens is 2. The van der Waals surface area contributed by atoms with E-state index in [1.54, 1.807) is 6.07 Å². The van der Waals surface area contributed by atoms with Crippen molar-refractivity contribution in [2.24, 2.45) is 0 Å². The number of hydrogen-bond acceptors (Lipinski definition) is 1. The lowest BCUT2D eigenvalue weighted by Gasteiger charge is -1.95. The number of rotatable bonds is 0. The molecule has 0 unspecified atom stereocenters. The molecular weight excluding hydrogens is 177 g/mol. The summed E-state index contributed by atoms with van der Waals surface area (Å²) in [6.45, 7) is 0. The van der Waals surface area contributed by atoms with Gasteiger partial charge in [0.2, 0.25) is 0 Å². The van der Waals surface area contributed by atoms with Crippen molar-refractivity contribution in [1.82, 2.24) is 0 Å². The third-order valence-electron chi connectivity index (χ3n) is 1.28. The standard InChI is InChI=1S/C9H7ClFN/c10-5-1-2-7-3-4-8(12)6-9(7)11/h3-4,6H,5,12H2. The third-order valence-corrected chi connectivity index (χ3v) is 1.42. The van der Waals surface area contributed by atoms with Gasteiger partial charge in [0.15, 0.2) is 0 Å². The molecule has 0 aliphatic rings. The van der Waals surface area contributed by atoms with Gasteiger partial charge in [-0.1, -0.05) is 11.8 Å². The molecule has 0 aliphatic heterocycles. The summed E-state index contributed by atoms with van der Waals surface area (Å²) in [4.78, 5) is 0. The molecule has 1 rings (SSSR count). The van der Waals surface area contributed by atoms with E-state index in [1.165, 1.54) is 12.1 Å². The van der Waals surface area contributed by atoms with Gasteiger partial charge in [0, 0.05) is 5.69 Å². The average Bonchev–Trinajstić information content (AvgIpc) is 2.03. The molecule has 2 N–H and O–H groups in total. The second-order valence-corrected chi connectivity index (χ2v) is 2.44. The van der Waals surface area contributed by atoms with Crippen LogP contribution in [0, 0.1) is 17.7 Å². The topological polar surface area (TPSA) is 26.0 Å². The summed E-state index contributed by atoms with van der Waals surface area (Å²) in [7, 11) is 0. The first kappa shape index (κ1) is 8.89. The van der Waals surface area contributed by atoms with E-state index in [1.807, 2.05) is 0 Å². The fourth-order valence-electron chi connectivity index (χ4n) is 0.761. The summed E-state index contributed by atoms with van der Waals surface area (Å²) in [6, 6.07) is 4.36. The summed E-state index contributed by atoms with van der Waals surface area (Å²) >= 11 is 5.31. The van der Waals surface area contributed by atoms with Crippen molar-refractivity contribution in [2.75, 3.05) is 11.6 Å². The zero-order valence-corrected chi connectivity index (χ0v) is 7.03. The van der Waals surface area contributed by atoms with E-state index in [-0.39, 0.29) is 5.88 Å². The van der Waals surface area contributed by atoms with Crippen molar-refractivity contribution in [1.29, 1.82) is 0 Å². The largest absolute Gasteiger partial charge is 0.399 e. The molecule has 3 heteroatoms. The minimum atomic E-state index is -0.410. The zero-order chi connectivity index (χ0) is 8.97. The highest BCUT2D eigenvalue weighted by Gasteiger charge is 1.97. The highest BCUT2D eigenvalue weighted by atomic mass is 35.5. The van der Waals surface area contributed by atoms with Gasteiger partial charge in [-0.2, -0.15) is 0 Å². The van der Waals surface area contributed by atoms with Crippen LogP contribution in [0.25, 0.3) is 0 Å². The Morgan fingerprint density at radius 1 is 1.50 bits per heavy atom. The number of nitrogen functional groups attached to an aromatic ring is 1. The smallest absolute Gasteiger partial charge is 0.140 e. The molecule has 0 radical (unpaired) electrons. The first-order valence-electron chi connectivity index (χ1n) is 3.34. The number of anilines is 1. The van der Waals surface area contributed by atoms with Gasteiger partial charge in [0.1, 0.15) is 5.82 Å². The minimum Gasteiger partial charge on any atom is -0.399 e. The van der Waals surface area contributed by atoms with Crippen LogP contribution in [-0.2, 0) is 0 Å². The number of benzene rings is 1. The quantitative estimate of drug-likeness (QED) is 0.372. The molecule has 0 amide bonds. The summed E-state index contributed by atoms with van der Waals surface area (Å²) in [5, 5.41) is 0. The molecule has 1 aromatic rings. The zero-order valence-electron chi connectivity index (χ0n) is 6.27. The van der Waals surface area contributed by atoms with Crippen LogP contribution in [0.3, 0.4) is 0 Å². The Bertz CT molecular complexity index is 338. The lowest BCUT2D eigenvalue weighted by atomic mass is 10.2. The maximum Gasteiger partial charge on any atom is 0.140 e. The van der Waals surface area contributed by atoms with E-state index >= 15 is 0 Å². The van der Waals surface area contributed by atoms with Crippen LogP contribution in [0.5, 0.6) is 0 Å². The van der Waals surface area contributed by atoms with Gasteiger partial charge in [-0.25, -0.2) is 4.39 Å². The van der Waals surface area contributed by atoms with Gasteiger partial charge in [0.25, 0.3) is 0 Å². The van der Waals surface area contributed by atoms with Crippen LogP contribution in [0.2, 0.25) is 0 Å². The number of nitrogens with two attached hydrogens (primary N) is 1. The molecule has 0 spiro atoms. The molecule has 0 aromatic heterocycles. The summed E-state index contributed by atoms with van der Waals surface area (Å²) in [5.74, 6) is 4.93. The van der Waals surface area contributed by atoms with Crippen LogP contribution in [-0.4, -0.2) is 5.88 Å². The summed E-state index contributed by atoms with van der Waals surface area (Å²) in [6.07, 6.45) is 0. The molecule has 0 aliphatic carbocycles. The Labute approximate surface area is 75.3 Å². The van der Waals surface area contributed by atoms with Crippen molar-refractivity contribution >= 4 is 17.3 Å². The van der Waals surface area contributed by atoms with E-state index in [9.17, 15) is 4.39 Å². The predicted molar refractivity (Wildman–Crippen MR) is 48.4 cm³/mol. The maximum absolute atomic E-state index is 12.9. The van der Waals surface area contributed by atoms with Crippen molar-refractivity contribution < 1.29 is 4.39 Å². The van der Waals surface area contributed by atoms with Crippen LogP contribution in [0.4, 0.5) is 10.1 Å². The first-order valence-corrected chi connectivity index (χ1v) is 3.87. The van der Waals surface area contributed by atoms with Crippen molar-refractivity contribution in [3.05, 3.63) is 29.6 Å². The van der Waals surface area contributed by atoms with Crippen LogP contribution >= 0.6 is 11.6 Å². The Kier molecular flexibility index (Phi) is 2.95. The van der Waals surface area contributed by atoms with Gasteiger partial charge in [-0.3, -0.25) is 0 Å². The maximum atomic E-state index is 12.9. The Hall–Kier alpha value is -1.20.